The van der Waals surface area contributed by atoms with E-state index in [2.05, 4.69) is 15.9 Å². The molecule has 0 atom stereocenters. The molecule has 76 valence electrons. The summed E-state index contributed by atoms with van der Waals surface area (Å²) >= 11 is 8.64. The molecule has 2 nitrogen and oxygen atoms in total. The van der Waals surface area contributed by atoms with Gasteiger partial charge in [0.2, 0.25) is 0 Å². The van der Waals surface area contributed by atoms with Crippen molar-refractivity contribution in [2.45, 2.75) is 0 Å². The molecule has 0 aliphatic rings. The van der Waals surface area contributed by atoms with Crippen molar-refractivity contribution in [1.82, 2.24) is 0 Å². The van der Waals surface area contributed by atoms with E-state index in [0.717, 1.165) is 0 Å². The molecule has 0 aliphatic heterocycles. The van der Waals surface area contributed by atoms with Crippen LogP contribution in [0.2, 0.25) is 5.02 Å². The number of hydrogen-bond donors (Lipinski definition) is 0. The van der Waals surface area contributed by atoms with Crippen molar-refractivity contribution in [2.24, 2.45) is 0 Å². The molecule has 0 saturated heterocycles. The number of alkyl halides is 1. The zero-order valence-electron chi connectivity index (χ0n) is 7.31. The second-order valence-corrected chi connectivity index (χ2v) is 3.52. The second-order valence-electron chi connectivity index (χ2n) is 2.53. The molecule has 1 aromatic rings. The number of hydrogen-bond acceptors (Lipinski definition) is 2. The van der Waals surface area contributed by atoms with Crippen LogP contribution in [0.25, 0.3) is 0 Å². The number of Topliss-reactive ketones (excluding diaryl/α,β-unsaturated/α-hetero) is 1. The quantitative estimate of drug-likeness (QED) is 0.629. The third kappa shape index (κ3) is 2.25. The summed E-state index contributed by atoms with van der Waals surface area (Å²) in [6.07, 6.45) is 0. The predicted octanol–water partition coefficient (Wildman–Crippen LogP) is 3.07. The maximum absolute atomic E-state index is 13.5. The molecule has 0 bridgehead atoms. The zero-order valence-corrected chi connectivity index (χ0v) is 9.65. The molecule has 1 rings (SSSR count). The van der Waals surface area contributed by atoms with Gasteiger partial charge in [0.15, 0.2) is 17.3 Å². The Labute approximate surface area is 94.1 Å². The van der Waals surface area contributed by atoms with Crippen LogP contribution in [-0.4, -0.2) is 18.2 Å². The van der Waals surface area contributed by atoms with E-state index in [1.807, 2.05) is 0 Å². The minimum absolute atomic E-state index is 0.0261. The third-order valence-electron chi connectivity index (χ3n) is 1.65. The van der Waals surface area contributed by atoms with Crippen molar-refractivity contribution >= 4 is 33.3 Å². The maximum Gasteiger partial charge on any atom is 0.176 e. The summed E-state index contributed by atoms with van der Waals surface area (Å²) in [4.78, 5) is 11.3. The number of carbonyl (C=O) groups excluding carboxylic acids is 1. The van der Waals surface area contributed by atoms with Gasteiger partial charge in [-0.1, -0.05) is 27.5 Å². The first-order valence-corrected chi connectivity index (χ1v) is 5.22. The van der Waals surface area contributed by atoms with Crippen LogP contribution in [-0.2, 0) is 0 Å². The largest absolute Gasteiger partial charge is 0.494 e. The SMILES string of the molecule is COc1cc(Cl)cc(C(=O)CBr)c1F. The van der Waals surface area contributed by atoms with Gasteiger partial charge in [-0.3, -0.25) is 4.79 Å². The molecule has 0 aromatic heterocycles. The highest BCUT2D eigenvalue weighted by Gasteiger charge is 2.16. The topological polar surface area (TPSA) is 26.3 Å². The van der Waals surface area contributed by atoms with Gasteiger partial charge in [-0.05, 0) is 6.07 Å². The van der Waals surface area contributed by atoms with Crippen LogP contribution in [0.5, 0.6) is 5.75 Å². The first-order valence-electron chi connectivity index (χ1n) is 3.72. The van der Waals surface area contributed by atoms with Gasteiger partial charge in [0.25, 0.3) is 0 Å². The molecule has 0 fully saturated rings. The van der Waals surface area contributed by atoms with Gasteiger partial charge in [0.05, 0.1) is 18.0 Å². The molecule has 0 spiro atoms. The molecule has 0 saturated carbocycles. The normalized spacial score (nSPS) is 10.0. The van der Waals surface area contributed by atoms with Gasteiger partial charge in [-0.2, -0.15) is 0 Å². The summed E-state index contributed by atoms with van der Waals surface area (Å²) in [7, 11) is 1.32. The van der Waals surface area contributed by atoms with Gasteiger partial charge in [-0.15, -0.1) is 0 Å². The van der Waals surface area contributed by atoms with Crippen molar-refractivity contribution in [2.75, 3.05) is 12.4 Å². The van der Waals surface area contributed by atoms with E-state index >= 15 is 0 Å². The fourth-order valence-electron chi connectivity index (χ4n) is 0.988. The summed E-state index contributed by atoms with van der Waals surface area (Å²) < 4.78 is 18.2. The molecule has 0 amide bonds. The first kappa shape index (κ1) is 11.5. The number of carbonyl (C=O) groups is 1. The molecule has 0 unspecified atom stereocenters. The summed E-state index contributed by atoms with van der Waals surface area (Å²) in [6.45, 7) is 0. The fraction of sp³-hybridized carbons (Fsp3) is 0.222. The lowest BCUT2D eigenvalue weighted by Gasteiger charge is -2.06. The lowest BCUT2D eigenvalue weighted by atomic mass is 10.1. The molecule has 1 aromatic carbocycles. The Hall–Kier alpha value is -0.610. The number of methoxy groups -OCH3 is 1. The van der Waals surface area contributed by atoms with E-state index in [9.17, 15) is 9.18 Å². The maximum atomic E-state index is 13.5. The van der Waals surface area contributed by atoms with Gasteiger partial charge in [-0.25, -0.2) is 4.39 Å². The highest BCUT2D eigenvalue weighted by atomic mass is 79.9. The van der Waals surface area contributed by atoms with E-state index in [-0.39, 0.29) is 27.4 Å². The molecule has 5 heteroatoms. The van der Waals surface area contributed by atoms with Crippen LogP contribution in [0, 0.1) is 5.82 Å². The Balaban J connectivity index is 3.29. The average Bonchev–Trinajstić information content (AvgIpc) is 2.19. The van der Waals surface area contributed by atoms with Crippen LogP contribution >= 0.6 is 27.5 Å². The van der Waals surface area contributed by atoms with Gasteiger partial charge >= 0.3 is 0 Å². The Morgan fingerprint density at radius 2 is 2.29 bits per heavy atom. The van der Waals surface area contributed by atoms with E-state index in [0.29, 0.717) is 0 Å². The zero-order chi connectivity index (χ0) is 10.7. The van der Waals surface area contributed by atoms with Crippen LogP contribution < -0.4 is 4.74 Å². The lowest BCUT2D eigenvalue weighted by molar-refractivity contribution is 0.101. The van der Waals surface area contributed by atoms with Crippen molar-refractivity contribution in [3.05, 3.63) is 28.5 Å². The number of ether oxygens (including phenoxy) is 1. The molecular formula is C9H7BrClFO2. The molecule has 0 N–H and O–H groups in total. The first-order chi connectivity index (χ1) is 6.60. The molecule has 14 heavy (non-hydrogen) atoms. The van der Waals surface area contributed by atoms with E-state index in [1.165, 1.54) is 19.2 Å². The van der Waals surface area contributed by atoms with E-state index < -0.39 is 5.82 Å². The van der Waals surface area contributed by atoms with Crippen molar-refractivity contribution in [3.63, 3.8) is 0 Å². The van der Waals surface area contributed by atoms with E-state index in [4.69, 9.17) is 16.3 Å². The standard InChI is InChI=1S/C9H7BrClFO2/c1-14-8-3-5(11)2-6(9(8)12)7(13)4-10/h2-3H,4H2,1H3. The summed E-state index contributed by atoms with van der Waals surface area (Å²) in [5, 5.41) is 0.320. The Bertz CT molecular complexity index is 368. The number of ketones is 1. The Morgan fingerprint density at radius 3 is 2.79 bits per heavy atom. The van der Waals surface area contributed by atoms with Crippen LogP contribution in [0.3, 0.4) is 0 Å². The summed E-state index contributed by atoms with van der Waals surface area (Å²) in [5.74, 6) is -1.08. The third-order valence-corrected chi connectivity index (χ3v) is 2.37. The van der Waals surface area contributed by atoms with Gasteiger partial charge < -0.3 is 4.74 Å². The number of halogens is 3. The number of benzene rings is 1. The van der Waals surface area contributed by atoms with Crippen LogP contribution in [0.4, 0.5) is 4.39 Å². The van der Waals surface area contributed by atoms with Crippen molar-refractivity contribution < 1.29 is 13.9 Å². The minimum Gasteiger partial charge on any atom is -0.494 e. The van der Waals surface area contributed by atoms with Crippen molar-refractivity contribution in [3.8, 4) is 5.75 Å². The summed E-state index contributed by atoms with van der Waals surface area (Å²) in [6, 6.07) is 2.60. The van der Waals surface area contributed by atoms with Crippen LogP contribution in [0.1, 0.15) is 10.4 Å². The molecule has 0 heterocycles. The monoisotopic (exact) mass is 280 g/mol. The van der Waals surface area contributed by atoms with Crippen molar-refractivity contribution in [1.29, 1.82) is 0 Å². The van der Waals surface area contributed by atoms with Gasteiger partial charge in [0, 0.05) is 11.1 Å². The smallest absolute Gasteiger partial charge is 0.176 e. The fourth-order valence-corrected chi connectivity index (χ4v) is 1.50. The lowest BCUT2D eigenvalue weighted by Crippen LogP contribution is -2.05. The minimum atomic E-state index is -0.679. The van der Waals surface area contributed by atoms with E-state index in [1.54, 1.807) is 0 Å². The second kappa shape index (κ2) is 4.75. The Kier molecular flexibility index (Phi) is 3.89. The van der Waals surface area contributed by atoms with Gasteiger partial charge in [0.1, 0.15) is 0 Å². The average molecular weight is 282 g/mol. The highest BCUT2D eigenvalue weighted by molar-refractivity contribution is 9.09. The Morgan fingerprint density at radius 1 is 1.64 bits per heavy atom. The summed E-state index contributed by atoms with van der Waals surface area (Å²) in [5.41, 5.74) is -0.0637. The molecule has 0 radical (unpaired) electrons. The highest BCUT2D eigenvalue weighted by Crippen LogP contribution is 2.26. The number of rotatable bonds is 3. The predicted molar refractivity (Wildman–Crippen MR) is 56.1 cm³/mol. The molecule has 0 aliphatic carbocycles. The van der Waals surface area contributed by atoms with Crippen LogP contribution in [0.15, 0.2) is 12.1 Å². The molecular weight excluding hydrogens is 274 g/mol.